The highest BCUT2D eigenvalue weighted by Crippen LogP contribution is 2.24. The van der Waals surface area contributed by atoms with E-state index >= 15 is 0 Å². The molecule has 1 heterocycles. The molecule has 96 valence electrons. The van der Waals surface area contributed by atoms with Crippen LogP contribution in [0.3, 0.4) is 0 Å². The number of rotatable bonds is 6. The van der Waals surface area contributed by atoms with Gasteiger partial charge in [-0.15, -0.1) is 0 Å². The Morgan fingerprint density at radius 1 is 1.47 bits per heavy atom. The molecule has 0 spiro atoms. The summed E-state index contributed by atoms with van der Waals surface area (Å²) >= 11 is 0. The molecule has 1 aromatic heterocycles. The lowest BCUT2D eigenvalue weighted by molar-refractivity contribution is -0.138. The third-order valence-corrected chi connectivity index (χ3v) is 3.07. The van der Waals surface area contributed by atoms with E-state index < -0.39 is 5.97 Å². The Bertz CT molecular complexity index is 372. The fraction of sp³-hybridized carbons (Fsp3) is 0.615. The summed E-state index contributed by atoms with van der Waals surface area (Å²) in [6, 6.07) is 3.98. The lowest BCUT2D eigenvalue weighted by Gasteiger charge is -2.31. The third kappa shape index (κ3) is 3.60. The predicted octanol–water partition coefficient (Wildman–Crippen LogP) is 2.83. The van der Waals surface area contributed by atoms with Gasteiger partial charge in [-0.25, -0.2) is 0 Å². The van der Waals surface area contributed by atoms with E-state index in [1.165, 1.54) is 0 Å². The van der Waals surface area contributed by atoms with Gasteiger partial charge in [0.15, 0.2) is 0 Å². The highest BCUT2D eigenvalue weighted by Gasteiger charge is 2.23. The van der Waals surface area contributed by atoms with Gasteiger partial charge in [0.25, 0.3) is 0 Å². The van der Waals surface area contributed by atoms with E-state index in [0.29, 0.717) is 0 Å². The minimum absolute atomic E-state index is 0.00194. The van der Waals surface area contributed by atoms with Crippen LogP contribution in [0.25, 0.3) is 0 Å². The van der Waals surface area contributed by atoms with Crippen molar-refractivity contribution in [3.8, 4) is 0 Å². The molecule has 1 N–H and O–H groups in total. The van der Waals surface area contributed by atoms with Gasteiger partial charge in [0.05, 0.1) is 12.5 Å². The predicted molar refractivity (Wildman–Crippen MR) is 66.0 cm³/mol. The number of carboxylic acids is 1. The summed E-state index contributed by atoms with van der Waals surface area (Å²) in [7, 11) is 0. The van der Waals surface area contributed by atoms with Crippen LogP contribution < -0.4 is 0 Å². The highest BCUT2D eigenvalue weighted by molar-refractivity contribution is 5.67. The van der Waals surface area contributed by atoms with E-state index in [4.69, 9.17) is 9.52 Å². The van der Waals surface area contributed by atoms with Crippen LogP contribution in [-0.4, -0.2) is 28.6 Å². The van der Waals surface area contributed by atoms with Crippen LogP contribution in [0.4, 0.5) is 0 Å². The number of carbonyl (C=O) groups is 1. The molecular weight excluding hydrogens is 218 g/mol. The van der Waals surface area contributed by atoms with Crippen molar-refractivity contribution in [2.24, 2.45) is 0 Å². The van der Waals surface area contributed by atoms with Crippen molar-refractivity contribution >= 4 is 5.97 Å². The second-order valence-corrected chi connectivity index (χ2v) is 4.40. The molecule has 0 amide bonds. The first kappa shape index (κ1) is 13.8. The molecule has 0 radical (unpaired) electrons. The summed E-state index contributed by atoms with van der Waals surface area (Å²) in [4.78, 5) is 12.9. The van der Waals surface area contributed by atoms with Crippen molar-refractivity contribution in [3.63, 3.8) is 0 Å². The molecule has 0 fully saturated rings. The zero-order valence-corrected chi connectivity index (χ0v) is 10.9. The summed E-state index contributed by atoms with van der Waals surface area (Å²) in [5.74, 6) is 1.01. The number of furan rings is 1. The number of carboxylic acid groups (broad SMARTS) is 1. The Kier molecular flexibility index (Phi) is 4.75. The molecular formula is C13H21NO3. The average molecular weight is 239 g/mol. The summed E-state index contributed by atoms with van der Waals surface area (Å²) < 4.78 is 5.59. The third-order valence-electron chi connectivity index (χ3n) is 3.07. The fourth-order valence-electron chi connectivity index (χ4n) is 2.18. The van der Waals surface area contributed by atoms with Crippen LogP contribution in [0.1, 0.15) is 44.8 Å². The monoisotopic (exact) mass is 239 g/mol. The Morgan fingerprint density at radius 2 is 2.12 bits per heavy atom. The second kappa shape index (κ2) is 5.87. The van der Waals surface area contributed by atoms with Gasteiger partial charge in [-0.05, 0) is 39.4 Å². The van der Waals surface area contributed by atoms with Crippen molar-refractivity contribution < 1.29 is 14.3 Å². The van der Waals surface area contributed by atoms with E-state index in [-0.39, 0.29) is 18.5 Å². The summed E-state index contributed by atoms with van der Waals surface area (Å²) in [6.07, 6.45) is 0.151. The first-order chi connectivity index (χ1) is 7.95. The molecule has 1 rings (SSSR count). The lowest BCUT2D eigenvalue weighted by atomic mass is 10.1. The zero-order valence-electron chi connectivity index (χ0n) is 10.9. The van der Waals surface area contributed by atoms with Crippen LogP contribution in [0.15, 0.2) is 16.5 Å². The molecule has 0 bridgehead atoms. The summed E-state index contributed by atoms with van der Waals surface area (Å²) in [5.41, 5.74) is 0. The van der Waals surface area contributed by atoms with Gasteiger partial charge in [-0.2, -0.15) is 0 Å². The van der Waals surface area contributed by atoms with E-state index in [1.807, 2.05) is 39.8 Å². The van der Waals surface area contributed by atoms with Crippen molar-refractivity contribution in [1.29, 1.82) is 0 Å². The van der Waals surface area contributed by atoms with E-state index in [2.05, 4.69) is 4.90 Å². The molecule has 1 aromatic rings. The number of nitrogens with zero attached hydrogens (tertiary/aromatic N) is 1. The van der Waals surface area contributed by atoms with Crippen molar-refractivity contribution in [1.82, 2.24) is 4.90 Å². The lowest BCUT2D eigenvalue weighted by Crippen LogP contribution is -2.36. The maximum Gasteiger partial charge on any atom is 0.304 e. The Labute approximate surface area is 102 Å². The standard InChI is InChI=1S/C13H21NO3/c1-5-14(9(2)8-13(15)16)11(4)12-7-6-10(3)17-12/h6-7,9,11H,5,8H2,1-4H3,(H,15,16). The quantitative estimate of drug-likeness (QED) is 0.829. The molecule has 0 aliphatic rings. The van der Waals surface area contributed by atoms with Crippen LogP contribution in [0.5, 0.6) is 0 Å². The van der Waals surface area contributed by atoms with Gasteiger partial charge in [0, 0.05) is 6.04 Å². The fourth-order valence-corrected chi connectivity index (χ4v) is 2.18. The summed E-state index contributed by atoms with van der Waals surface area (Å²) in [6.45, 7) is 8.72. The van der Waals surface area contributed by atoms with E-state index in [0.717, 1.165) is 18.1 Å². The zero-order chi connectivity index (χ0) is 13.0. The maximum absolute atomic E-state index is 10.7. The van der Waals surface area contributed by atoms with E-state index in [1.54, 1.807) is 0 Å². The molecule has 0 aromatic carbocycles. The molecule has 2 unspecified atom stereocenters. The number of aliphatic carboxylic acids is 1. The second-order valence-electron chi connectivity index (χ2n) is 4.40. The van der Waals surface area contributed by atoms with Gasteiger partial charge >= 0.3 is 5.97 Å². The van der Waals surface area contributed by atoms with E-state index in [9.17, 15) is 4.79 Å². The maximum atomic E-state index is 10.7. The molecule has 0 aliphatic carbocycles. The minimum Gasteiger partial charge on any atom is -0.481 e. The average Bonchev–Trinajstić information content (AvgIpc) is 2.64. The SMILES string of the molecule is CCN(C(C)CC(=O)O)C(C)c1ccc(C)o1. The topological polar surface area (TPSA) is 53.7 Å². The molecule has 0 saturated heterocycles. The smallest absolute Gasteiger partial charge is 0.304 e. The Hall–Kier alpha value is -1.29. The highest BCUT2D eigenvalue weighted by atomic mass is 16.4. The van der Waals surface area contributed by atoms with Gasteiger partial charge in [-0.1, -0.05) is 6.92 Å². The largest absolute Gasteiger partial charge is 0.481 e. The molecule has 4 heteroatoms. The number of hydrogen-bond acceptors (Lipinski definition) is 3. The van der Waals surface area contributed by atoms with Crippen LogP contribution >= 0.6 is 0 Å². The molecule has 0 aliphatic heterocycles. The Morgan fingerprint density at radius 3 is 2.53 bits per heavy atom. The van der Waals surface area contributed by atoms with Gasteiger partial charge in [0.2, 0.25) is 0 Å². The molecule has 4 nitrogen and oxygen atoms in total. The first-order valence-corrected chi connectivity index (χ1v) is 5.99. The Balaban J connectivity index is 2.76. The van der Waals surface area contributed by atoms with Crippen LogP contribution in [-0.2, 0) is 4.79 Å². The normalized spacial score (nSPS) is 14.9. The van der Waals surface area contributed by atoms with Crippen molar-refractivity contribution in [2.75, 3.05) is 6.54 Å². The van der Waals surface area contributed by atoms with Gasteiger partial charge in [0.1, 0.15) is 11.5 Å². The first-order valence-electron chi connectivity index (χ1n) is 5.99. The number of aryl methyl sites for hydroxylation is 1. The molecule has 17 heavy (non-hydrogen) atoms. The number of hydrogen-bond donors (Lipinski definition) is 1. The molecule has 2 atom stereocenters. The van der Waals surface area contributed by atoms with Crippen LogP contribution in [0, 0.1) is 6.92 Å². The van der Waals surface area contributed by atoms with Gasteiger partial charge < -0.3 is 9.52 Å². The van der Waals surface area contributed by atoms with Crippen molar-refractivity contribution in [3.05, 3.63) is 23.7 Å². The van der Waals surface area contributed by atoms with Crippen LogP contribution in [0.2, 0.25) is 0 Å². The minimum atomic E-state index is -0.765. The van der Waals surface area contributed by atoms with Gasteiger partial charge in [-0.3, -0.25) is 9.69 Å². The van der Waals surface area contributed by atoms with Crippen molar-refractivity contribution in [2.45, 2.75) is 46.2 Å². The molecule has 0 saturated carbocycles. The summed E-state index contributed by atoms with van der Waals surface area (Å²) in [5, 5.41) is 8.83.